The molecule has 1 rings (SSSR count). The zero-order chi connectivity index (χ0) is 11.4. The summed E-state index contributed by atoms with van der Waals surface area (Å²) in [5, 5.41) is 0. The van der Waals surface area contributed by atoms with E-state index in [4.69, 9.17) is 13.3 Å². The Bertz CT molecular complexity index is 186. The van der Waals surface area contributed by atoms with Crippen molar-refractivity contribution in [2.45, 2.75) is 36.5 Å². The van der Waals surface area contributed by atoms with Gasteiger partial charge in [0.25, 0.3) is 0 Å². The molecule has 90 valence electrons. The predicted octanol–water partition coefficient (Wildman–Crippen LogP) is 2.68. The van der Waals surface area contributed by atoms with E-state index in [1.54, 1.807) is 32.1 Å². The smallest absolute Gasteiger partial charge is 0.376 e. The summed E-state index contributed by atoms with van der Waals surface area (Å²) < 4.78 is 16.7. The second-order valence-electron chi connectivity index (χ2n) is 3.81. The van der Waals surface area contributed by atoms with Gasteiger partial charge in [0.05, 0.1) is 4.37 Å². The van der Waals surface area contributed by atoms with Crippen LogP contribution in [0.25, 0.3) is 0 Å². The Kier molecular flexibility index (Phi) is 5.48. The molecule has 0 heterocycles. The zero-order valence-electron chi connectivity index (χ0n) is 9.62. The van der Waals surface area contributed by atoms with E-state index in [2.05, 4.69) is 11.7 Å². The molecular formula is C9H20O3S2Si. The number of hydrogen-bond acceptors (Lipinski definition) is 5. The van der Waals surface area contributed by atoms with Crippen molar-refractivity contribution < 1.29 is 13.3 Å². The van der Waals surface area contributed by atoms with Crippen LogP contribution in [-0.2, 0) is 13.3 Å². The first kappa shape index (κ1) is 13.9. The Hall–Kier alpha value is 0.797. The first-order valence-corrected chi connectivity index (χ1v) is 8.77. The summed E-state index contributed by atoms with van der Waals surface area (Å²) in [7, 11) is 4.02. The molecule has 1 saturated carbocycles. The van der Waals surface area contributed by atoms with Gasteiger partial charge in [-0.2, -0.15) is 0 Å². The lowest BCUT2D eigenvalue weighted by atomic mass is 9.99. The standard InChI is InChI=1S/C9H20O3S2Si/c1-10-15(11-2,12-3)9(14-13)7-5-4-6-8-9/h13H,4-8H2,1-3H3. The van der Waals surface area contributed by atoms with Crippen molar-refractivity contribution in [1.82, 2.24) is 0 Å². The number of rotatable bonds is 5. The van der Waals surface area contributed by atoms with Crippen LogP contribution in [0.1, 0.15) is 32.1 Å². The third-order valence-electron chi connectivity index (χ3n) is 3.20. The molecule has 15 heavy (non-hydrogen) atoms. The van der Waals surface area contributed by atoms with Crippen LogP contribution in [0.3, 0.4) is 0 Å². The van der Waals surface area contributed by atoms with E-state index in [0.717, 1.165) is 12.8 Å². The van der Waals surface area contributed by atoms with E-state index in [9.17, 15) is 0 Å². The highest BCUT2D eigenvalue weighted by molar-refractivity contribution is 8.69. The summed E-state index contributed by atoms with van der Waals surface area (Å²) in [5.74, 6) is 0. The van der Waals surface area contributed by atoms with Gasteiger partial charge in [-0.1, -0.05) is 30.1 Å². The average Bonchev–Trinajstić information content (AvgIpc) is 2.33. The fraction of sp³-hybridized carbons (Fsp3) is 1.00. The molecule has 0 amide bonds. The van der Waals surface area contributed by atoms with Gasteiger partial charge in [0, 0.05) is 21.3 Å². The van der Waals surface area contributed by atoms with E-state index in [1.165, 1.54) is 19.3 Å². The highest BCUT2D eigenvalue weighted by atomic mass is 33.1. The van der Waals surface area contributed by atoms with Crippen LogP contribution in [-0.4, -0.2) is 34.5 Å². The molecule has 6 heteroatoms. The zero-order valence-corrected chi connectivity index (χ0v) is 12.3. The third kappa shape index (κ3) is 2.40. The van der Waals surface area contributed by atoms with Crippen LogP contribution in [0, 0.1) is 0 Å². The lowest BCUT2D eigenvalue weighted by Gasteiger charge is -2.44. The maximum atomic E-state index is 5.59. The molecule has 1 aliphatic carbocycles. The summed E-state index contributed by atoms with van der Waals surface area (Å²) in [5.41, 5.74) is 0. The molecule has 0 N–H and O–H groups in total. The maximum absolute atomic E-state index is 5.59. The van der Waals surface area contributed by atoms with Gasteiger partial charge >= 0.3 is 8.80 Å². The van der Waals surface area contributed by atoms with Gasteiger partial charge in [-0.3, -0.25) is 0 Å². The van der Waals surface area contributed by atoms with Gasteiger partial charge < -0.3 is 13.3 Å². The Morgan fingerprint density at radius 1 is 1.00 bits per heavy atom. The third-order valence-corrected chi connectivity index (χ3v) is 9.81. The Morgan fingerprint density at radius 3 is 1.80 bits per heavy atom. The molecule has 0 aliphatic heterocycles. The van der Waals surface area contributed by atoms with Crippen molar-refractivity contribution in [3.63, 3.8) is 0 Å². The largest absolute Gasteiger partial charge is 0.518 e. The van der Waals surface area contributed by atoms with E-state index in [1.807, 2.05) is 0 Å². The summed E-state index contributed by atoms with van der Waals surface area (Å²) >= 11 is 4.42. The lowest BCUT2D eigenvalue weighted by molar-refractivity contribution is 0.1000. The topological polar surface area (TPSA) is 27.7 Å². The fourth-order valence-electron chi connectivity index (χ4n) is 2.38. The molecule has 0 unspecified atom stereocenters. The molecule has 0 saturated heterocycles. The Labute approximate surface area is 102 Å². The van der Waals surface area contributed by atoms with Crippen LogP contribution >= 0.6 is 22.5 Å². The van der Waals surface area contributed by atoms with Crippen molar-refractivity contribution in [3.05, 3.63) is 0 Å². The van der Waals surface area contributed by atoms with E-state index < -0.39 is 8.80 Å². The van der Waals surface area contributed by atoms with E-state index in [-0.39, 0.29) is 4.37 Å². The molecule has 1 fully saturated rings. The molecule has 0 aromatic rings. The van der Waals surface area contributed by atoms with Crippen molar-refractivity contribution in [2.24, 2.45) is 0 Å². The molecule has 1 aliphatic rings. The van der Waals surface area contributed by atoms with Crippen molar-refractivity contribution in [2.75, 3.05) is 21.3 Å². The second kappa shape index (κ2) is 5.93. The first-order valence-electron chi connectivity index (χ1n) is 5.18. The normalized spacial score (nSPS) is 21.6. The molecule has 3 nitrogen and oxygen atoms in total. The van der Waals surface area contributed by atoms with Crippen molar-refractivity contribution in [3.8, 4) is 0 Å². The monoisotopic (exact) mass is 268 g/mol. The number of thiol groups is 1. The molecule has 0 atom stereocenters. The van der Waals surface area contributed by atoms with Crippen LogP contribution < -0.4 is 0 Å². The summed E-state index contributed by atoms with van der Waals surface area (Å²) in [6, 6.07) is 0. The minimum absolute atomic E-state index is 0.0629. The highest BCUT2D eigenvalue weighted by Crippen LogP contribution is 2.48. The van der Waals surface area contributed by atoms with Gasteiger partial charge in [-0.05, 0) is 12.8 Å². The van der Waals surface area contributed by atoms with E-state index in [0.29, 0.717) is 0 Å². The molecule has 0 radical (unpaired) electrons. The summed E-state index contributed by atoms with van der Waals surface area (Å²) in [6.07, 6.45) is 5.85. The SMILES string of the molecule is CO[Si](OC)(OC)C1(SS)CCCCC1. The summed E-state index contributed by atoms with van der Waals surface area (Å²) in [6.45, 7) is 0. The van der Waals surface area contributed by atoms with Gasteiger partial charge in [0.15, 0.2) is 0 Å². The quantitative estimate of drug-likeness (QED) is 0.471. The van der Waals surface area contributed by atoms with Crippen LogP contribution in [0.4, 0.5) is 0 Å². The molecule has 0 spiro atoms. The average molecular weight is 268 g/mol. The van der Waals surface area contributed by atoms with Crippen LogP contribution in [0.2, 0.25) is 0 Å². The van der Waals surface area contributed by atoms with Crippen molar-refractivity contribution in [1.29, 1.82) is 0 Å². The van der Waals surface area contributed by atoms with Gasteiger partial charge in [0.1, 0.15) is 0 Å². The van der Waals surface area contributed by atoms with Crippen LogP contribution in [0.5, 0.6) is 0 Å². The minimum Gasteiger partial charge on any atom is -0.376 e. The maximum Gasteiger partial charge on any atom is 0.518 e. The van der Waals surface area contributed by atoms with Gasteiger partial charge in [-0.25, -0.2) is 0 Å². The number of hydrogen-bond donors (Lipinski definition) is 1. The van der Waals surface area contributed by atoms with Crippen LogP contribution in [0.15, 0.2) is 0 Å². The predicted molar refractivity (Wildman–Crippen MR) is 69.2 cm³/mol. The van der Waals surface area contributed by atoms with Gasteiger partial charge in [0.2, 0.25) is 0 Å². The Morgan fingerprint density at radius 2 is 1.47 bits per heavy atom. The van der Waals surface area contributed by atoms with Gasteiger partial charge in [-0.15, -0.1) is 11.7 Å². The van der Waals surface area contributed by atoms with E-state index >= 15 is 0 Å². The highest BCUT2D eigenvalue weighted by Gasteiger charge is 2.60. The Balaban J connectivity index is 2.93. The minimum atomic E-state index is -2.58. The fourth-order valence-corrected chi connectivity index (χ4v) is 8.19. The molecule has 0 bridgehead atoms. The first-order chi connectivity index (χ1) is 7.20. The summed E-state index contributed by atoms with van der Waals surface area (Å²) in [4.78, 5) is 0. The molecule has 0 aromatic carbocycles. The molecule has 0 aromatic heterocycles. The lowest BCUT2D eigenvalue weighted by Crippen LogP contribution is -2.62. The molecular weight excluding hydrogens is 248 g/mol. The second-order valence-corrected chi connectivity index (χ2v) is 8.98. The van der Waals surface area contributed by atoms with Crippen molar-refractivity contribution >= 4 is 31.3 Å².